The summed E-state index contributed by atoms with van der Waals surface area (Å²) in [4.78, 5) is 27.1. The van der Waals surface area contributed by atoms with Gasteiger partial charge in [-0.2, -0.15) is 0 Å². The largest absolute Gasteiger partial charge is 0.493 e. The van der Waals surface area contributed by atoms with E-state index in [-0.39, 0.29) is 10.7 Å². The average Bonchev–Trinajstić information content (AvgIpc) is 2.67. The Kier molecular flexibility index (Phi) is 6.11. The minimum absolute atomic E-state index is 0.0391. The van der Waals surface area contributed by atoms with Gasteiger partial charge in [0.25, 0.3) is 11.8 Å². The molecule has 0 aliphatic carbocycles. The average molecular weight is 415 g/mol. The van der Waals surface area contributed by atoms with Crippen LogP contribution >= 0.6 is 23.8 Å². The van der Waals surface area contributed by atoms with Crippen LogP contribution in [0, 0.1) is 0 Å². The van der Waals surface area contributed by atoms with Crippen LogP contribution in [0.15, 0.2) is 48.0 Å². The topological polar surface area (TPSA) is 58.6 Å². The molecule has 2 amide bonds. The Hall–Kier alpha value is -2.70. The van der Waals surface area contributed by atoms with Gasteiger partial charge in [0.1, 0.15) is 11.3 Å². The summed E-state index contributed by atoms with van der Waals surface area (Å²) in [7, 11) is 0. The molecule has 0 unspecified atom stereocenters. The van der Waals surface area contributed by atoms with E-state index in [1.54, 1.807) is 18.2 Å². The number of carbonyl (C=O) groups is 2. The number of rotatable bonds is 5. The lowest BCUT2D eigenvalue weighted by Gasteiger charge is -2.30. The first kappa shape index (κ1) is 20.0. The van der Waals surface area contributed by atoms with Crippen molar-refractivity contribution < 1.29 is 14.3 Å². The van der Waals surface area contributed by atoms with Gasteiger partial charge in [-0.05, 0) is 61.5 Å². The third-order valence-electron chi connectivity index (χ3n) is 4.29. The molecule has 28 heavy (non-hydrogen) atoms. The number of nitrogens with zero attached hydrogens (tertiary/aromatic N) is 1. The smallest absolute Gasteiger partial charge is 0.270 e. The Morgan fingerprint density at radius 3 is 2.64 bits per heavy atom. The number of carbonyl (C=O) groups excluding carboxylic acids is 2. The highest BCUT2D eigenvalue weighted by Gasteiger charge is 2.35. The molecule has 1 aliphatic heterocycles. The number of benzene rings is 2. The van der Waals surface area contributed by atoms with Gasteiger partial charge in [0.05, 0.1) is 12.3 Å². The maximum atomic E-state index is 13.2. The number of thiocarbonyl (C=S) groups is 1. The summed E-state index contributed by atoms with van der Waals surface area (Å²) in [6.45, 7) is 4.29. The first-order valence-corrected chi connectivity index (χ1v) is 9.66. The highest BCUT2D eigenvalue weighted by molar-refractivity contribution is 7.80. The molecule has 7 heteroatoms. The van der Waals surface area contributed by atoms with Crippen LogP contribution in [-0.4, -0.2) is 23.5 Å². The highest BCUT2D eigenvalue weighted by atomic mass is 35.5. The van der Waals surface area contributed by atoms with Gasteiger partial charge in [-0.3, -0.25) is 19.8 Å². The number of para-hydroxylation sites is 1. The quantitative estimate of drug-likeness (QED) is 0.454. The van der Waals surface area contributed by atoms with Crippen LogP contribution < -0.4 is 15.0 Å². The molecular weight excluding hydrogens is 396 g/mol. The SMILES string of the molecule is CCOc1ccc(Cl)cc1/C=C1\C(=O)NC(=S)N(c2ccccc2CC)C1=O. The number of anilines is 1. The fourth-order valence-electron chi connectivity index (χ4n) is 2.98. The summed E-state index contributed by atoms with van der Waals surface area (Å²) < 4.78 is 5.59. The van der Waals surface area contributed by atoms with Crippen molar-refractivity contribution in [2.45, 2.75) is 20.3 Å². The number of ether oxygens (including phenoxy) is 1. The number of hydrogen-bond acceptors (Lipinski definition) is 4. The molecule has 0 bridgehead atoms. The number of aryl methyl sites for hydroxylation is 1. The summed E-state index contributed by atoms with van der Waals surface area (Å²) in [5.74, 6) is -0.506. The Bertz CT molecular complexity index is 987. The van der Waals surface area contributed by atoms with Gasteiger partial charge in [-0.15, -0.1) is 0 Å². The predicted octanol–water partition coefficient (Wildman–Crippen LogP) is 4.13. The van der Waals surface area contributed by atoms with Crippen molar-refractivity contribution in [1.82, 2.24) is 5.32 Å². The predicted molar refractivity (Wildman–Crippen MR) is 115 cm³/mol. The molecule has 0 saturated carbocycles. The number of nitrogens with one attached hydrogen (secondary N) is 1. The third kappa shape index (κ3) is 3.93. The Balaban J connectivity index is 2.08. The van der Waals surface area contributed by atoms with Gasteiger partial charge < -0.3 is 4.74 Å². The number of amides is 2. The molecule has 5 nitrogen and oxygen atoms in total. The Morgan fingerprint density at radius 2 is 1.93 bits per heavy atom. The van der Waals surface area contributed by atoms with E-state index in [0.29, 0.717) is 28.6 Å². The van der Waals surface area contributed by atoms with Gasteiger partial charge in [0.15, 0.2) is 5.11 Å². The number of halogens is 1. The Labute approximate surface area is 173 Å². The molecule has 2 aromatic rings. The van der Waals surface area contributed by atoms with E-state index < -0.39 is 11.8 Å². The molecular formula is C21H19ClN2O3S. The summed E-state index contributed by atoms with van der Waals surface area (Å²) in [6, 6.07) is 12.5. The molecule has 0 spiro atoms. The van der Waals surface area contributed by atoms with E-state index in [4.69, 9.17) is 28.6 Å². The first-order valence-electron chi connectivity index (χ1n) is 8.88. The van der Waals surface area contributed by atoms with Crippen molar-refractivity contribution in [2.24, 2.45) is 0 Å². The molecule has 1 heterocycles. The van der Waals surface area contributed by atoms with Crippen LogP contribution in [0.2, 0.25) is 5.02 Å². The molecule has 3 rings (SSSR count). The van der Waals surface area contributed by atoms with Crippen molar-refractivity contribution in [3.05, 3.63) is 64.2 Å². The summed E-state index contributed by atoms with van der Waals surface area (Å²) in [6.07, 6.45) is 2.20. The fraction of sp³-hybridized carbons (Fsp3) is 0.190. The lowest BCUT2D eigenvalue weighted by molar-refractivity contribution is -0.122. The van der Waals surface area contributed by atoms with Gasteiger partial charge >= 0.3 is 0 Å². The monoisotopic (exact) mass is 414 g/mol. The second-order valence-corrected chi connectivity index (χ2v) is 6.88. The molecule has 1 fully saturated rings. The van der Waals surface area contributed by atoms with Crippen LogP contribution in [0.1, 0.15) is 25.0 Å². The van der Waals surface area contributed by atoms with E-state index in [0.717, 1.165) is 12.0 Å². The second-order valence-electron chi connectivity index (χ2n) is 6.06. The van der Waals surface area contributed by atoms with Crippen molar-refractivity contribution >= 4 is 52.5 Å². The molecule has 1 aliphatic rings. The molecule has 1 saturated heterocycles. The van der Waals surface area contributed by atoms with Crippen LogP contribution in [-0.2, 0) is 16.0 Å². The van der Waals surface area contributed by atoms with Gasteiger partial charge in [0.2, 0.25) is 0 Å². The zero-order chi connectivity index (χ0) is 20.3. The lowest BCUT2D eigenvalue weighted by atomic mass is 10.0. The van der Waals surface area contributed by atoms with Crippen molar-refractivity contribution in [3.63, 3.8) is 0 Å². The van der Waals surface area contributed by atoms with Gasteiger partial charge in [0, 0.05) is 10.6 Å². The van der Waals surface area contributed by atoms with E-state index in [9.17, 15) is 9.59 Å². The van der Waals surface area contributed by atoms with Crippen molar-refractivity contribution in [1.29, 1.82) is 0 Å². The van der Waals surface area contributed by atoms with Crippen LogP contribution in [0.5, 0.6) is 5.75 Å². The zero-order valence-electron chi connectivity index (χ0n) is 15.5. The summed E-state index contributed by atoms with van der Waals surface area (Å²) in [5.41, 5.74) is 2.11. The molecule has 1 N–H and O–H groups in total. The maximum Gasteiger partial charge on any atom is 0.270 e. The lowest BCUT2D eigenvalue weighted by Crippen LogP contribution is -2.54. The summed E-state index contributed by atoms with van der Waals surface area (Å²) in [5, 5.41) is 3.14. The normalized spacial score (nSPS) is 15.8. The van der Waals surface area contributed by atoms with E-state index in [2.05, 4.69) is 5.32 Å². The van der Waals surface area contributed by atoms with E-state index >= 15 is 0 Å². The van der Waals surface area contributed by atoms with Crippen molar-refractivity contribution in [2.75, 3.05) is 11.5 Å². The van der Waals surface area contributed by atoms with Crippen molar-refractivity contribution in [3.8, 4) is 5.75 Å². The maximum absolute atomic E-state index is 13.2. The standard InChI is InChI=1S/C21H19ClN2O3S/c1-3-13-7-5-6-8-17(13)24-20(26)16(19(25)23-21(24)28)12-14-11-15(22)9-10-18(14)27-4-2/h5-12H,3-4H2,1-2H3,(H,23,25,28)/b16-12+. The molecule has 144 valence electrons. The number of hydrogen-bond donors (Lipinski definition) is 1. The molecule has 0 atom stereocenters. The van der Waals surface area contributed by atoms with E-state index in [1.165, 1.54) is 11.0 Å². The van der Waals surface area contributed by atoms with E-state index in [1.807, 2.05) is 38.1 Å². The fourth-order valence-corrected chi connectivity index (χ4v) is 3.43. The second kappa shape index (κ2) is 8.54. The Morgan fingerprint density at radius 1 is 1.18 bits per heavy atom. The minimum Gasteiger partial charge on any atom is -0.493 e. The van der Waals surface area contributed by atoms with Crippen LogP contribution in [0.4, 0.5) is 5.69 Å². The first-order chi connectivity index (χ1) is 13.5. The zero-order valence-corrected chi connectivity index (χ0v) is 17.1. The molecule has 2 aromatic carbocycles. The highest BCUT2D eigenvalue weighted by Crippen LogP contribution is 2.29. The van der Waals surface area contributed by atoms with Gasteiger partial charge in [-0.25, -0.2) is 0 Å². The molecule has 0 aromatic heterocycles. The van der Waals surface area contributed by atoms with Crippen LogP contribution in [0.3, 0.4) is 0 Å². The van der Waals surface area contributed by atoms with Crippen LogP contribution in [0.25, 0.3) is 6.08 Å². The minimum atomic E-state index is -0.553. The van der Waals surface area contributed by atoms with Gasteiger partial charge in [-0.1, -0.05) is 36.7 Å². The third-order valence-corrected chi connectivity index (χ3v) is 4.81. The summed E-state index contributed by atoms with van der Waals surface area (Å²) >= 11 is 11.4. The molecule has 0 radical (unpaired) electrons.